The van der Waals surface area contributed by atoms with Crippen molar-refractivity contribution in [1.82, 2.24) is 0 Å². The second-order valence-electron chi connectivity index (χ2n) is 4.36. The molecule has 3 heteroatoms. The predicted octanol–water partition coefficient (Wildman–Crippen LogP) is 3.53. The Balaban J connectivity index is 4.96. The number of hydrogen-bond acceptors (Lipinski definition) is 3. The molecule has 0 saturated carbocycles. The first-order chi connectivity index (χ1) is 7.97. The molecule has 3 N–H and O–H groups in total. The summed E-state index contributed by atoms with van der Waals surface area (Å²) in [5, 5.41) is 7.57. The lowest BCUT2D eigenvalue weighted by Crippen LogP contribution is -2.14. The van der Waals surface area contributed by atoms with Crippen LogP contribution in [0.1, 0.15) is 40.5 Å². The minimum atomic E-state index is 0.379. The third kappa shape index (κ3) is 4.98. The maximum atomic E-state index is 7.57. The van der Waals surface area contributed by atoms with E-state index in [0.29, 0.717) is 23.2 Å². The van der Waals surface area contributed by atoms with Gasteiger partial charge in [0.05, 0.1) is 17.1 Å². The molecular formula is C14H25N3. The van der Waals surface area contributed by atoms with Crippen LogP contribution in [0.3, 0.4) is 0 Å². The van der Waals surface area contributed by atoms with Crippen LogP contribution in [0.2, 0.25) is 0 Å². The molecule has 0 heterocycles. The highest BCUT2D eigenvalue weighted by Gasteiger charge is 2.15. The lowest BCUT2D eigenvalue weighted by atomic mass is 9.87. The monoisotopic (exact) mass is 235 g/mol. The van der Waals surface area contributed by atoms with Crippen molar-refractivity contribution >= 4 is 11.9 Å². The Morgan fingerprint density at radius 1 is 1.53 bits per heavy atom. The van der Waals surface area contributed by atoms with Crippen molar-refractivity contribution in [2.75, 3.05) is 0 Å². The summed E-state index contributed by atoms with van der Waals surface area (Å²) < 4.78 is 0. The SMILES string of the molecule is C=CC(CC)C(C)C/C(N=CC)=C(\N)C(C)=N. The van der Waals surface area contributed by atoms with Gasteiger partial charge in [0, 0.05) is 6.21 Å². The zero-order valence-corrected chi connectivity index (χ0v) is 11.5. The summed E-state index contributed by atoms with van der Waals surface area (Å²) in [6.07, 6.45) is 5.58. The first-order valence-corrected chi connectivity index (χ1v) is 6.13. The molecule has 17 heavy (non-hydrogen) atoms. The molecule has 0 aromatic carbocycles. The van der Waals surface area contributed by atoms with Gasteiger partial charge in [0.15, 0.2) is 0 Å². The van der Waals surface area contributed by atoms with Crippen molar-refractivity contribution in [1.29, 1.82) is 5.41 Å². The molecule has 2 atom stereocenters. The standard InChI is InChI=1S/C14H25N3/c1-6-12(7-2)10(4)9-13(17-8-3)14(16)11(5)15/h6,8,10,12,15H,1,7,9,16H2,2-5H3/b14-13+,15-11?,17-8?. The van der Waals surface area contributed by atoms with Crippen LogP contribution in [-0.2, 0) is 0 Å². The van der Waals surface area contributed by atoms with Crippen molar-refractivity contribution in [3.63, 3.8) is 0 Å². The molecule has 0 aliphatic heterocycles. The lowest BCUT2D eigenvalue weighted by Gasteiger charge is -2.20. The quantitative estimate of drug-likeness (QED) is 0.514. The molecule has 0 aliphatic rings. The number of rotatable bonds is 7. The van der Waals surface area contributed by atoms with E-state index in [2.05, 4.69) is 25.4 Å². The van der Waals surface area contributed by atoms with E-state index in [0.717, 1.165) is 18.5 Å². The molecule has 0 fully saturated rings. The van der Waals surface area contributed by atoms with E-state index in [1.807, 2.05) is 13.0 Å². The molecule has 0 spiro atoms. The van der Waals surface area contributed by atoms with Gasteiger partial charge in [-0.25, -0.2) is 0 Å². The van der Waals surface area contributed by atoms with E-state index in [-0.39, 0.29) is 0 Å². The molecule has 0 bridgehead atoms. The summed E-state index contributed by atoms with van der Waals surface area (Å²) in [5.74, 6) is 0.907. The van der Waals surface area contributed by atoms with E-state index in [1.165, 1.54) is 0 Å². The maximum absolute atomic E-state index is 7.57. The van der Waals surface area contributed by atoms with Gasteiger partial charge in [-0.3, -0.25) is 4.99 Å². The Hall–Kier alpha value is -1.38. The number of allylic oxidation sites excluding steroid dienone is 3. The first kappa shape index (κ1) is 15.6. The molecule has 3 nitrogen and oxygen atoms in total. The van der Waals surface area contributed by atoms with Gasteiger partial charge in [-0.2, -0.15) is 0 Å². The molecule has 0 rings (SSSR count). The van der Waals surface area contributed by atoms with Crippen LogP contribution in [0.5, 0.6) is 0 Å². The smallest absolute Gasteiger partial charge is 0.0741 e. The fourth-order valence-corrected chi connectivity index (χ4v) is 1.86. The minimum absolute atomic E-state index is 0.379. The molecule has 2 unspecified atom stereocenters. The number of nitrogens with two attached hydrogens (primary N) is 1. The molecule has 0 saturated heterocycles. The normalized spacial score (nSPS) is 16.5. The minimum Gasteiger partial charge on any atom is -0.396 e. The predicted molar refractivity (Wildman–Crippen MR) is 76.5 cm³/mol. The summed E-state index contributed by atoms with van der Waals surface area (Å²) in [6, 6.07) is 0. The van der Waals surface area contributed by atoms with Crippen molar-refractivity contribution in [3.8, 4) is 0 Å². The number of nitrogens with one attached hydrogen (secondary N) is 1. The van der Waals surface area contributed by atoms with Crippen molar-refractivity contribution < 1.29 is 0 Å². The van der Waals surface area contributed by atoms with Crippen LogP contribution >= 0.6 is 0 Å². The van der Waals surface area contributed by atoms with Crippen LogP contribution in [0.15, 0.2) is 29.0 Å². The van der Waals surface area contributed by atoms with E-state index < -0.39 is 0 Å². The number of hydrogen-bond donors (Lipinski definition) is 2. The van der Waals surface area contributed by atoms with Crippen LogP contribution in [0.25, 0.3) is 0 Å². The van der Waals surface area contributed by atoms with Gasteiger partial charge in [0.1, 0.15) is 0 Å². The van der Waals surface area contributed by atoms with Gasteiger partial charge in [0.2, 0.25) is 0 Å². The first-order valence-electron chi connectivity index (χ1n) is 6.13. The van der Waals surface area contributed by atoms with Crippen LogP contribution in [0, 0.1) is 17.2 Å². The van der Waals surface area contributed by atoms with Crippen molar-refractivity contribution in [2.24, 2.45) is 22.6 Å². The Morgan fingerprint density at radius 2 is 2.12 bits per heavy atom. The molecule has 0 amide bonds. The summed E-state index contributed by atoms with van der Waals surface area (Å²) in [5.41, 5.74) is 7.58. The average molecular weight is 235 g/mol. The molecular weight excluding hydrogens is 210 g/mol. The van der Waals surface area contributed by atoms with Crippen LogP contribution in [-0.4, -0.2) is 11.9 Å². The second kappa shape index (κ2) is 7.82. The zero-order chi connectivity index (χ0) is 13.4. The van der Waals surface area contributed by atoms with Gasteiger partial charge >= 0.3 is 0 Å². The van der Waals surface area contributed by atoms with Crippen molar-refractivity contribution in [3.05, 3.63) is 24.0 Å². The van der Waals surface area contributed by atoms with Crippen LogP contribution < -0.4 is 5.73 Å². The zero-order valence-electron chi connectivity index (χ0n) is 11.5. The second-order valence-corrected chi connectivity index (χ2v) is 4.36. The topological polar surface area (TPSA) is 62.2 Å². The van der Waals surface area contributed by atoms with Gasteiger partial charge in [-0.05, 0) is 38.5 Å². The van der Waals surface area contributed by atoms with E-state index in [1.54, 1.807) is 13.1 Å². The Kier molecular flexibility index (Phi) is 7.19. The molecule has 0 aromatic rings. The Morgan fingerprint density at radius 3 is 2.47 bits per heavy atom. The summed E-state index contributed by atoms with van der Waals surface area (Å²) in [4.78, 5) is 4.29. The van der Waals surface area contributed by atoms with Gasteiger partial charge in [0.25, 0.3) is 0 Å². The summed E-state index contributed by atoms with van der Waals surface area (Å²) in [7, 11) is 0. The fourth-order valence-electron chi connectivity index (χ4n) is 1.86. The number of aliphatic imine (C=N–C) groups is 1. The van der Waals surface area contributed by atoms with Crippen molar-refractivity contribution in [2.45, 2.75) is 40.5 Å². The van der Waals surface area contributed by atoms with E-state index in [9.17, 15) is 0 Å². The highest BCUT2D eigenvalue weighted by molar-refractivity contribution is 5.95. The highest BCUT2D eigenvalue weighted by Crippen LogP contribution is 2.25. The maximum Gasteiger partial charge on any atom is 0.0741 e. The van der Waals surface area contributed by atoms with Gasteiger partial charge in [-0.15, -0.1) is 6.58 Å². The molecule has 0 aromatic heterocycles. The Bertz CT molecular complexity index is 326. The summed E-state index contributed by atoms with van der Waals surface area (Å²) >= 11 is 0. The third-order valence-electron chi connectivity index (χ3n) is 3.02. The summed E-state index contributed by atoms with van der Waals surface area (Å²) in [6.45, 7) is 11.7. The molecule has 96 valence electrons. The fraction of sp³-hybridized carbons (Fsp3) is 0.571. The highest BCUT2D eigenvalue weighted by atomic mass is 14.8. The largest absolute Gasteiger partial charge is 0.396 e. The molecule has 0 radical (unpaired) electrons. The van der Waals surface area contributed by atoms with Gasteiger partial charge < -0.3 is 11.1 Å². The van der Waals surface area contributed by atoms with E-state index in [4.69, 9.17) is 11.1 Å². The average Bonchev–Trinajstić information content (AvgIpc) is 2.29. The van der Waals surface area contributed by atoms with E-state index >= 15 is 0 Å². The molecule has 0 aliphatic carbocycles. The number of nitrogens with zero attached hydrogens (tertiary/aromatic N) is 1. The third-order valence-corrected chi connectivity index (χ3v) is 3.02. The van der Waals surface area contributed by atoms with Gasteiger partial charge in [-0.1, -0.05) is 19.9 Å². The van der Waals surface area contributed by atoms with Crippen LogP contribution in [0.4, 0.5) is 0 Å². The Labute approximate surface area is 105 Å². The lowest BCUT2D eigenvalue weighted by molar-refractivity contribution is 0.413.